The second-order valence-corrected chi connectivity index (χ2v) is 5.56. The van der Waals surface area contributed by atoms with Crippen molar-refractivity contribution in [3.8, 4) is 0 Å². The summed E-state index contributed by atoms with van der Waals surface area (Å²) in [5.74, 6) is -0.145. The van der Waals surface area contributed by atoms with Crippen molar-refractivity contribution in [2.24, 2.45) is 0 Å². The van der Waals surface area contributed by atoms with Gasteiger partial charge in [-0.3, -0.25) is 0 Å². The fourth-order valence-corrected chi connectivity index (χ4v) is 2.52. The number of morpholine rings is 1. The van der Waals surface area contributed by atoms with E-state index in [2.05, 4.69) is 17.1 Å². The maximum atomic E-state index is 14.2. The zero-order chi connectivity index (χ0) is 13.9. The van der Waals surface area contributed by atoms with E-state index in [4.69, 9.17) is 4.74 Å². The van der Waals surface area contributed by atoms with Crippen LogP contribution in [0.4, 0.5) is 10.1 Å². The fourth-order valence-electron chi connectivity index (χ4n) is 2.52. The highest BCUT2D eigenvalue weighted by Gasteiger charge is 2.29. The Hall–Kier alpha value is -1.13. The first-order valence-electron chi connectivity index (χ1n) is 6.90. The molecule has 0 atom stereocenters. The Bertz CT molecular complexity index is 434. The number of hydrogen-bond acceptors (Lipinski definition) is 3. The van der Waals surface area contributed by atoms with Crippen molar-refractivity contribution in [1.82, 2.24) is 5.32 Å². The van der Waals surface area contributed by atoms with Gasteiger partial charge in [0.2, 0.25) is 0 Å². The second kappa shape index (κ2) is 5.88. The minimum Gasteiger partial charge on any atom is -0.372 e. The first-order valence-corrected chi connectivity index (χ1v) is 6.90. The quantitative estimate of drug-likeness (QED) is 0.906. The van der Waals surface area contributed by atoms with Crippen LogP contribution in [0.3, 0.4) is 0 Å². The minimum atomic E-state index is -0.226. The van der Waals surface area contributed by atoms with Crippen LogP contribution in [-0.2, 0) is 11.3 Å². The fraction of sp³-hybridized carbons (Fsp3) is 0.600. The standard InChI is InChI=1S/C15H23FN2O/c1-4-17-10-12-6-5-7-13(16)14(12)18-8-9-19-15(2,3)11-18/h5-7,17H,4,8-11H2,1-3H3. The predicted octanol–water partition coefficient (Wildman–Crippen LogP) is 2.55. The van der Waals surface area contributed by atoms with Crippen LogP contribution in [0.15, 0.2) is 18.2 Å². The Morgan fingerprint density at radius 2 is 2.21 bits per heavy atom. The van der Waals surface area contributed by atoms with Crippen molar-refractivity contribution in [2.75, 3.05) is 31.1 Å². The molecule has 1 aliphatic heterocycles. The lowest BCUT2D eigenvalue weighted by Gasteiger charge is -2.40. The van der Waals surface area contributed by atoms with Gasteiger partial charge in [0, 0.05) is 19.6 Å². The third-order valence-electron chi connectivity index (χ3n) is 3.38. The van der Waals surface area contributed by atoms with E-state index < -0.39 is 0 Å². The molecule has 1 aromatic carbocycles. The van der Waals surface area contributed by atoms with Crippen molar-refractivity contribution in [2.45, 2.75) is 32.9 Å². The number of nitrogens with one attached hydrogen (secondary N) is 1. The Balaban J connectivity index is 2.26. The monoisotopic (exact) mass is 266 g/mol. The average Bonchev–Trinajstić information content (AvgIpc) is 2.35. The number of nitrogens with zero attached hydrogens (tertiary/aromatic N) is 1. The first-order chi connectivity index (χ1) is 9.03. The maximum absolute atomic E-state index is 14.2. The van der Waals surface area contributed by atoms with Gasteiger partial charge in [-0.25, -0.2) is 4.39 Å². The Morgan fingerprint density at radius 1 is 1.42 bits per heavy atom. The molecule has 1 heterocycles. The SMILES string of the molecule is CCNCc1cccc(F)c1N1CCOC(C)(C)C1. The average molecular weight is 266 g/mol. The molecule has 0 bridgehead atoms. The van der Waals surface area contributed by atoms with Crippen LogP contribution in [0.2, 0.25) is 0 Å². The number of halogens is 1. The van der Waals surface area contributed by atoms with Gasteiger partial charge in [-0.2, -0.15) is 0 Å². The van der Waals surface area contributed by atoms with Gasteiger partial charge in [0.05, 0.1) is 17.9 Å². The molecular weight excluding hydrogens is 243 g/mol. The van der Waals surface area contributed by atoms with Crippen molar-refractivity contribution >= 4 is 5.69 Å². The molecule has 0 unspecified atom stereocenters. The van der Waals surface area contributed by atoms with Crippen LogP contribution in [0.1, 0.15) is 26.3 Å². The van der Waals surface area contributed by atoms with Gasteiger partial charge in [-0.15, -0.1) is 0 Å². The summed E-state index contributed by atoms with van der Waals surface area (Å²) in [5.41, 5.74) is 1.51. The molecule has 106 valence electrons. The summed E-state index contributed by atoms with van der Waals surface area (Å²) < 4.78 is 19.9. The van der Waals surface area contributed by atoms with E-state index in [1.54, 1.807) is 6.07 Å². The van der Waals surface area contributed by atoms with E-state index in [9.17, 15) is 4.39 Å². The van der Waals surface area contributed by atoms with Crippen molar-refractivity contribution in [3.63, 3.8) is 0 Å². The van der Waals surface area contributed by atoms with Crippen molar-refractivity contribution < 1.29 is 9.13 Å². The zero-order valence-electron chi connectivity index (χ0n) is 12.0. The van der Waals surface area contributed by atoms with Gasteiger partial charge >= 0.3 is 0 Å². The molecule has 0 spiro atoms. The number of rotatable bonds is 4. The van der Waals surface area contributed by atoms with Crippen LogP contribution >= 0.6 is 0 Å². The third kappa shape index (κ3) is 3.45. The molecule has 19 heavy (non-hydrogen) atoms. The highest BCUT2D eigenvalue weighted by atomic mass is 19.1. The van der Waals surface area contributed by atoms with Gasteiger partial charge in [0.1, 0.15) is 5.82 Å². The number of benzene rings is 1. The molecule has 0 aliphatic carbocycles. The predicted molar refractivity (Wildman–Crippen MR) is 76.0 cm³/mol. The summed E-state index contributed by atoms with van der Waals surface area (Å²) in [6, 6.07) is 5.30. The molecule has 0 amide bonds. The molecule has 1 N–H and O–H groups in total. The highest BCUT2D eigenvalue weighted by molar-refractivity contribution is 5.55. The molecule has 1 saturated heterocycles. The molecule has 1 aliphatic rings. The summed E-state index contributed by atoms with van der Waals surface area (Å²) in [7, 11) is 0. The summed E-state index contributed by atoms with van der Waals surface area (Å²) >= 11 is 0. The van der Waals surface area contributed by atoms with Gasteiger partial charge in [0.25, 0.3) is 0 Å². The van der Waals surface area contributed by atoms with E-state index in [0.29, 0.717) is 19.7 Å². The summed E-state index contributed by atoms with van der Waals surface area (Å²) in [5, 5.41) is 3.27. The summed E-state index contributed by atoms with van der Waals surface area (Å²) in [6.45, 7) is 9.81. The zero-order valence-corrected chi connectivity index (χ0v) is 12.0. The molecular formula is C15H23FN2O. The lowest BCUT2D eigenvalue weighted by molar-refractivity contribution is -0.0278. The summed E-state index contributed by atoms with van der Waals surface area (Å²) in [4.78, 5) is 2.10. The molecule has 1 fully saturated rings. The molecule has 4 heteroatoms. The number of hydrogen-bond donors (Lipinski definition) is 1. The van der Waals surface area contributed by atoms with Crippen molar-refractivity contribution in [3.05, 3.63) is 29.6 Å². The van der Waals surface area contributed by atoms with Crippen LogP contribution < -0.4 is 10.2 Å². The van der Waals surface area contributed by atoms with Crippen molar-refractivity contribution in [1.29, 1.82) is 0 Å². The smallest absolute Gasteiger partial charge is 0.146 e. The first kappa shape index (κ1) is 14.3. The van der Waals surface area contributed by atoms with E-state index in [-0.39, 0.29) is 11.4 Å². The van der Waals surface area contributed by atoms with Gasteiger partial charge in [0.15, 0.2) is 0 Å². The van der Waals surface area contributed by atoms with E-state index in [1.807, 2.05) is 19.9 Å². The minimum absolute atomic E-state index is 0.145. The second-order valence-electron chi connectivity index (χ2n) is 5.56. The Morgan fingerprint density at radius 3 is 2.89 bits per heavy atom. The van der Waals surface area contributed by atoms with Crippen LogP contribution in [0.5, 0.6) is 0 Å². The molecule has 0 aromatic heterocycles. The molecule has 0 radical (unpaired) electrons. The van der Waals surface area contributed by atoms with Gasteiger partial charge < -0.3 is 15.0 Å². The highest BCUT2D eigenvalue weighted by Crippen LogP contribution is 2.29. The van der Waals surface area contributed by atoms with Crippen LogP contribution in [0, 0.1) is 5.82 Å². The lowest BCUT2D eigenvalue weighted by Crippen LogP contribution is -2.49. The summed E-state index contributed by atoms with van der Waals surface area (Å²) in [6.07, 6.45) is 0. The van der Waals surface area contributed by atoms with Gasteiger partial charge in [-0.1, -0.05) is 19.1 Å². The number of para-hydroxylation sites is 1. The van der Waals surface area contributed by atoms with Crippen LogP contribution in [-0.4, -0.2) is 31.8 Å². The lowest BCUT2D eigenvalue weighted by atomic mass is 10.0. The molecule has 1 aromatic rings. The Labute approximate surface area is 114 Å². The molecule has 3 nitrogen and oxygen atoms in total. The molecule has 0 saturated carbocycles. The number of ether oxygens (including phenoxy) is 1. The van der Waals surface area contributed by atoms with E-state index in [0.717, 1.165) is 24.3 Å². The third-order valence-corrected chi connectivity index (χ3v) is 3.38. The van der Waals surface area contributed by atoms with E-state index >= 15 is 0 Å². The van der Waals surface area contributed by atoms with Gasteiger partial charge in [-0.05, 0) is 32.0 Å². The normalized spacial score (nSPS) is 18.6. The number of anilines is 1. The largest absolute Gasteiger partial charge is 0.372 e. The van der Waals surface area contributed by atoms with Crippen LogP contribution in [0.25, 0.3) is 0 Å². The van der Waals surface area contributed by atoms with E-state index in [1.165, 1.54) is 6.07 Å². The Kier molecular flexibility index (Phi) is 4.42. The topological polar surface area (TPSA) is 24.5 Å². The maximum Gasteiger partial charge on any atom is 0.146 e. The molecule has 2 rings (SSSR count).